The Kier molecular flexibility index (Phi) is 4.39. The lowest BCUT2D eigenvalue weighted by molar-refractivity contribution is -0.130. The maximum Gasteiger partial charge on any atom is 0.328 e. The summed E-state index contributed by atoms with van der Waals surface area (Å²) in [7, 11) is 1.39. The summed E-state index contributed by atoms with van der Waals surface area (Å²) in [5.74, 6) is -0.119. The SMILES string of the molecule is Cn1c(=O)[nH]cc(CC(=O)N2CCCC[C@H](N)C2)c1=O. The van der Waals surface area contributed by atoms with E-state index in [0.717, 1.165) is 23.8 Å². The van der Waals surface area contributed by atoms with E-state index in [1.54, 1.807) is 4.90 Å². The van der Waals surface area contributed by atoms with Crippen LogP contribution in [0.4, 0.5) is 0 Å². The summed E-state index contributed by atoms with van der Waals surface area (Å²) in [5.41, 5.74) is 5.31. The van der Waals surface area contributed by atoms with Gasteiger partial charge in [0.1, 0.15) is 0 Å². The average Bonchev–Trinajstić information content (AvgIpc) is 2.64. The summed E-state index contributed by atoms with van der Waals surface area (Å²) in [4.78, 5) is 39.6. The van der Waals surface area contributed by atoms with Crippen molar-refractivity contribution in [3.8, 4) is 0 Å². The van der Waals surface area contributed by atoms with Crippen molar-refractivity contribution in [1.29, 1.82) is 0 Å². The molecule has 20 heavy (non-hydrogen) atoms. The number of hydrogen-bond acceptors (Lipinski definition) is 4. The zero-order chi connectivity index (χ0) is 14.7. The smallest absolute Gasteiger partial charge is 0.328 e. The molecule has 0 aliphatic carbocycles. The highest BCUT2D eigenvalue weighted by atomic mass is 16.2. The summed E-state index contributed by atoms with van der Waals surface area (Å²) in [6.45, 7) is 1.21. The van der Waals surface area contributed by atoms with Crippen molar-refractivity contribution < 1.29 is 4.79 Å². The Morgan fingerprint density at radius 3 is 2.95 bits per heavy atom. The van der Waals surface area contributed by atoms with Gasteiger partial charge in [-0.1, -0.05) is 6.42 Å². The molecule has 1 aliphatic heterocycles. The van der Waals surface area contributed by atoms with Gasteiger partial charge in [-0.05, 0) is 12.8 Å². The standard InChI is InChI=1S/C13H20N4O3/c1-16-12(19)9(7-15-13(16)20)6-11(18)17-5-3-2-4-10(14)8-17/h7,10H,2-6,8,14H2,1H3,(H,15,20)/t10-/m0/s1. The van der Waals surface area contributed by atoms with Crippen LogP contribution in [0.5, 0.6) is 0 Å². The quantitative estimate of drug-likeness (QED) is 0.722. The number of aromatic nitrogens is 2. The lowest BCUT2D eigenvalue weighted by atomic mass is 10.1. The molecule has 1 aliphatic rings. The van der Waals surface area contributed by atoms with E-state index < -0.39 is 11.2 Å². The van der Waals surface area contributed by atoms with Gasteiger partial charge >= 0.3 is 5.69 Å². The molecule has 1 amide bonds. The van der Waals surface area contributed by atoms with Crippen molar-refractivity contribution in [2.24, 2.45) is 12.8 Å². The van der Waals surface area contributed by atoms with Crippen LogP contribution in [0.1, 0.15) is 24.8 Å². The van der Waals surface area contributed by atoms with Crippen LogP contribution in [-0.4, -0.2) is 39.5 Å². The number of nitrogens with two attached hydrogens (primary N) is 1. The van der Waals surface area contributed by atoms with Crippen LogP contribution < -0.4 is 17.0 Å². The molecule has 0 aromatic carbocycles. The molecule has 0 unspecified atom stereocenters. The van der Waals surface area contributed by atoms with Gasteiger partial charge < -0.3 is 15.6 Å². The molecule has 2 heterocycles. The number of rotatable bonds is 2. The number of aromatic amines is 1. The first-order chi connectivity index (χ1) is 9.49. The molecule has 1 aromatic rings. The van der Waals surface area contributed by atoms with Gasteiger partial charge in [0.15, 0.2) is 0 Å². The molecule has 3 N–H and O–H groups in total. The van der Waals surface area contributed by atoms with E-state index in [1.807, 2.05) is 0 Å². The van der Waals surface area contributed by atoms with E-state index in [9.17, 15) is 14.4 Å². The lowest BCUT2D eigenvalue weighted by Crippen LogP contribution is -2.42. The zero-order valence-electron chi connectivity index (χ0n) is 11.6. The number of nitrogens with zero attached hydrogens (tertiary/aromatic N) is 2. The monoisotopic (exact) mass is 280 g/mol. The van der Waals surface area contributed by atoms with Crippen molar-refractivity contribution in [2.75, 3.05) is 13.1 Å². The van der Waals surface area contributed by atoms with Gasteiger partial charge in [-0.25, -0.2) is 4.79 Å². The van der Waals surface area contributed by atoms with Crippen LogP contribution in [0.15, 0.2) is 15.8 Å². The van der Waals surface area contributed by atoms with Gasteiger partial charge in [0.25, 0.3) is 5.56 Å². The highest BCUT2D eigenvalue weighted by Gasteiger charge is 2.21. The Hall–Kier alpha value is -1.89. The fourth-order valence-corrected chi connectivity index (χ4v) is 2.42. The molecule has 1 saturated heterocycles. The maximum absolute atomic E-state index is 12.2. The molecule has 2 rings (SSSR count). The Morgan fingerprint density at radius 1 is 1.45 bits per heavy atom. The second kappa shape index (κ2) is 6.04. The predicted molar refractivity (Wildman–Crippen MR) is 74.4 cm³/mol. The first-order valence-electron chi connectivity index (χ1n) is 6.80. The third-order valence-electron chi connectivity index (χ3n) is 3.66. The highest BCUT2D eigenvalue weighted by Crippen LogP contribution is 2.10. The Morgan fingerprint density at radius 2 is 2.20 bits per heavy atom. The lowest BCUT2D eigenvalue weighted by Gasteiger charge is -2.22. The van der Waals surface area contributed by atoms with Crippen LogP contribution in [0, 0.1) is 0 Å². The molecule has 110 valence electrons. The van der Waals surface area contributed by atoms with E-state index in [0.29, 0.717) is 18.7 Å². The second-order valence-corrected chi connectivity index (χ2v) is 5.26. The minimum atomic E-state index is -0.483. The molecule has 7 heteroatoms. The normalized spacial score (nSPS) is 19.7. The van der Waals surface area contributed by atoms with E-state index in [-0.39, 0.29) is 18.4 Å². The summed E-state index contributed by atoms with van der Waals surface area (Å²) in [5, 5.41) is 0. The number of carbonyl (C=O) groups is 1. The number of hydrogen-bond donors (Lipinski definition) is 2. The summed E-state index contributed by atoms with van der Waals surface area (Å²) in [6.07, 6.45) is 4.19. The summed E-state index contributed by atoms with van der Waals surface area (Å²) >= 11 is 0. The third kappa shape index (κ3) is 3.16. The molecule has 0 radical (unpaired) electrons. The zero-order valence-corrected chi connectivity index (χ0v) is 11.6. The van der Waals surface area contributed by atoms with Crippen LogP contribution in [0.2, 0.25) is 0 Å². The average molecular weight is 280 g/mol. The Labute approximate surface area is 116 Å². The molecule has 1 fully saturated rings. The predicted octanol–water partition coefficient (Wildman–Crippen LogP) is -1.04. The molecule has 0 saturated carbocycles. The van der Waals surface area contributed by atoms with Gasteiger partial charge in [0, 0.05) is 37.9 Å². The van der Waals surface area contributed by atoms with Crippen molar-refractivity contribution >= 4 is 5.91 Å². The van der Waals surface area contributed by atoms with Gasteiger partial charge in [-0.15, -0.1) is 0 Å². The van der Waals surface area contributed by atoms with E-state index in [4.69, 9.17) is 5.73 Å². The first kappa shape index (κ1) is 14.5. The van der Waals surface area contributed by atoms with Crippen LogP contribution in [-0.2, 0) is 18.3 Å². The van der Waals surface area contributed by atoms with E-state index >= 15 is 0 Å². The number of carbonyl (C=O) groups excluding carboxylic acids is 1. The first-order valence-corrected chi connectivity index (χ1v) is 6.80. The van der Waals surface area contributed by atoms with Gasteiger partial charge in [-0.3, -0.25) is 14.2 Å². The Balaban J connectivity index is 2.13. The summed E-state index contributed by atoms with van der Waals surface area (Å²) < 4.78 is 0.969. The fraction of sp³-hybridized carbons (Fsp3) is 0.615. The van der Waals surface area contributed by atoms with Crippen molar-refractivity contribution in [3.05, 3.63) is 32.6 Å². The summed E-state index contributed by atoms with van der Waals surface area (Å²) in [6, 6.07) is -0.000127. The number of H-pyrrole nitrogens is 1. The molecule has 0 spiro atoms. The van der Waals surface area contributed by atoms with Gasteiger partial charge in [0.2, 0.25) is 5.91 Å². The Bertz CT molecular complexity index is 604. The molecule has 0 bridgehead atoms. The van der Waals surface area contributed by atoms with Crippen LogP contribution >= 0.6 is 0 Å². The largest absolute Gasteiger partial charge is 0.341 e. The number of amides is 1. The van der Waals surface area contributed by atoms with E-state index in [2.05, 4.69) is 4.98 Å². The molecule has 1 aromatic heterocycles. The minimum Gasteiger partial charge on any atom is -0.341 e. The van der Waals surface area contributed by atoms with Crippen LogP contribution in [0.25, 0.3) is 0 Å². The number of nitrogens with one attached hydrogen (secondary N) is 1. The number of likely N-dealkylation sites (tertiary alicyclic amines) is 1. The fourth-order valence-electron chi connectivity index (χ4n) is 2.42. The third-order valence-corrected chi connectivity index (χ3v) is 3.66. The van der Waals surface area contributed by atoms with Crippen molar-refractivity contribution in [3.63, 3.8) is 0 Å². The van der Waals surface area contributed by atoms with E-state index in [1.165, 1.54) is 13.2 Å². The second-order valence-electron chi connectivity index (χ2n) is 5.26. The molecule has 7 nitrogen and oxygen atoms in total. The maximum atomic E-state index is 12.2. The van der Waals surface area contributed by atoms with Gasteiger partial charge in [-0.2, -0.15) is 0 Å². The van der Waals surface area contributed by atoms with Gasteiger partial charge in [0.05, 0.1) is 6.42 Å². The molecule has 1 atom stereocenters. The van der Waals surface area contributed by atoms with Crippen LogP contribution in [0.3, 0.4) is 0 Å². The van der Waals surface area contributed by atoms with Crippen molar-refractivity contribution in [2.45, 2.75) is 31.7 Å². The minimum absolute atomic E-state index is 0.000127. The topological polar surface area (TPSA) is 101 Å². The van der Waals surface area contributed by atoms with Crippen molar-refractivity contribution in [1.82, 2.24) is 14.5 Å². The molecular weight excluding hydrogens is 260 g/mol. The molecular formula is C13H20N4O3. The highest BCUT2D eigenvalue weighted by molar-refractivity contribution is 5.78.